The zero-order chi connectivity index (χ0) is 14.8. The minimum Gasteiger partial charge on any atom is -0.409 e. The highest BCUT2D eigenvalue weighted by molar-refractivity contribution is 6.08. The summed E-state index contributed by atoms with van der Waals surface area (Å²) in [5, 5.41) is 11.7. The Balaban J connectivity index is 1.94. The molecule has 0 aromatic heterocycles. The van der Waals surface area contributed by atoms with Crippen molar-refractivity contribution in [1.82, 2.24) is 0 Å². The molecule has 5 heteroatoms. The second-order valence-corrected chi connectivity index (χ2v) is 4.90. The summed E-state index contributed by atoms with van der Waals surface area (Å²) in [4.78, 5) is 14.4. The number of nitrogens with two attached hydrogens (primary N) is 1. The van der Waals surface area contributed by atoms with Gasteiger partial charge in [0.15, 0.2) is 5.84 Å². The summed E-state index contributed by atoms with van der Waals surface area (Å²) in [7, 11) is 0. The van der Waals surface area contributed by atoms with E-state index in [0.29, 0.717) is 17.7 Å². The Hall–Kier alpha value is -2.82. The number of oxime groups is 1. The Kier molecular flexibility index (Phi) is 3.31. The Bertz CT molecular complexity index is 725. The Morgan fingerprint density at radius 3 is 2.71 bits per heavy atom. The summed E-state index contributed by atoms with van der Waals surface area (Å²) < 4.78 is 0. The van der Waals surface area contributed by atoms with Crippen LogP contribution >= 0.6 is 0 Å². The van der Waals surface area contributed by atoms with Gasteiger partial charge in [0.2, 0.25) is 0 Å². The van der Waals surface area contributed by atoms with Crippen LogP contribution in [0.3, 0.4) is 0 Å². The summed E-state index contributed by atoms with van der Waals surface area (Å²) in [6, 6.07) is 14.7. The van der Waals surface area contributed by atoms with E-state index in [1.807, 2.05) is 24.3 Å². The molecule has 0 atom stereocenters. The molecule has 1 aliphatic rings. The van der Waals surface area contributed by atoms with E-state index in [-0.39, 0.29) is 11.7 Å². The van der Waals surface area contributed by atoms with Crippen molar-refractivity contribution in [1.29, 1.82) is 0 Å². The lowest BCUT2D eigenvalue weighted by atomic mass is 10.1. The lowest BCUT2D eigenvalue weighted by Gasteiger charge is -2.17. The zero-order valence-corrected chi connectivity index (χ0v) is 11.4. The molecule has 3 rings (SSSR count). The monoisotopic (exact) mass is 281 g/mol. The van der Waals surface area contributed by atoms with Crippen LogP contribution in [-0.2, 0) is 6.42 Å². The van der Waals surface area contributed by atoms with Crippen LogP contribution in [0.25, 0.3) is 0 Å². The van der Waals surface area contributed by atoms with Gasteiger partial charge in [-0.25, -0.2) is 0 Å². The number of amidine groups is 1. The van der Waals surface area contributed by atoms with Crippen LogP contribution in [0.4, 0.5) is 5.69 Å². The van der Waals surface area contributed by atoms with E-state index in [2.05, 4.69) is 5.16 Å². The predicted octanol–water partition coefficient (Wildman–Crippen LogP) is 1.98. The van der Waals surface area contributed by atoms with E-state index >= 15 is 0 Å². The molecule has 106 valence electrons. The summed E-state index contributed by atoms with van der Waals surface area (Å²) in [5.74, 6) is -0.0842. The largest absolute Gasteiger partial charge is 0.409 e. The van der Waals surface area contributed by atoms with Crippen LogP contribution < -0.4 is 10.6 Å². The number of fused-ring (bicyclic) bond motifs is 1. The topological polar surface area (TPSA) is 78.9 Å². The standard InChI is InChI=1S/C16H15N3O2/c17-15(18-21)12-5-3-6-13(10-12)16(20)19-9-8-11-4-1-2-7-14(11)19/h1-7,10,21H,8-9H2,(H2,17,18). The predicted molar refractivity (Wildman–Crippen MR) is 80.8 cm³/mol. The number of hydrogen-bond acceptors (Lipinski definition) is 3. The maximum atomic E-state index is 12.7. The van der Waals surface area contributed by atoms with Gasteiger partial charge >= 0.3 is 0 Å². The summed E-state index contributed by atoms with van der Waals surface area (Å²) in [6.45, 7) is 0.673. The molecule has 0 saturated carbocycles. The number of amides is 1. The van der Waals surface area contributed by atoms with E-state index in [1.165, 1.54) is 5.56 Å². The molecule has 5 nitrogen and oxygen atoms in total. The second kappa shape index (κ2) is 5.28. The van der Waals surface area contributed by atoms with Crippen molar-refractivity contribution >= 4 is 17.4 Å². The van der Waals surface area contributed by atoms with E-state index in [1.54, 1.807) is 29.2 Å². The molecule has 21 heavy (non-hydrogen) atoms. The molecular formula is C16H15N3O2. The Morgan fingerprint density at radius 1 is 1.14 bits per heavy atom. The zero-order valence-electron chi connectivity index (χ0n) is 11.4. The number of carbonyl (C=O) groups is 1. The van der Waals surface area contributed by atoms with Crippen molar-refractivity contribution in [3.8, 4) is 0 Å². The van der Waals surface area contributed by atoms with Gasteiger partial charge in [0.05, 0.1) is 0 Å². The third-order valence-corrected chi connectivity index (χ3v) is 3.65. The maximum absolute atomic E-state index is 12.7. The highest BCUT2D eigenvalue weighted by Crippen LogP contribution is 2.28. The molecule has 1 heterocycles. The minimum absolute atomic E-state index is 0.00790. The first-order valence-electron chi connectivity index (χ1n) is 6.68. The molecular weight excluding hydrogens is 266 g/mol. The molecule has 0 radical (unpaired) electrons. The minimum atomic E-state index is -0.0764. The van der Waals surface area contributed by atoms with E-state index < -0.39 is 0 Å². The number of rotatable bonds is 2. The normalized spacial score (nSPS) is 14.1. The van der Waals surface area contributed by atoms with E-state index in [4.69, 9.17) is 10.9 Å². The quantitative estimate of drug-likeness (QED) is 0.382. The summed E-state index contributed by atoms with van der Waals surface area (Å²) in [6.07, 6.45) is 0.863. The van der Waals surface area contributed by atoms with Gasteiger partial charge in [-0.15, -0.1) is 0 Å². The third kappa shape index (κ3) is 2.33. The van der Waals surface area contributed by atoms with Gasteiger partial charge in [-0.2, -0.15) is 0 Å². The van der Waals surface area contributed by atoms with Crippen LogP contribution in [0.15, 0.2) is 53.7 Å². The highest BCUT2D eigenvalue weighted by Gasteiger charge is 2.25. The van der Waals surface area contributed by atoms with Crippen LogP contribution in [0, 0.1) is 0 Å². The van der Waals surface area contributed by atoms with Crippen molar-refractivity contribution in [2.24, 2.45) is 10.9 Å². The Labute approximate surface area is 122 Å². The molecule has 0 bridgehead atoms. The molecule has 0 aliphatic carbocycles. The average molecular weight is 281 g/mol. The summed E-state index contributed by atoms with van der Waals surface area (Å²) in [5.41, 5.74) is 8.75. The van der Waals surface area contributed by atoms with Gasteiger partial charge in [0.25, 0.3) is 5.91 Å². The SMILES string of the molecule is N/C(=N\O)c1cccc(C(=O)N2CCc3ccccc32)c1. The molecule has 1 amide bonds. The van der Waals surface area contributed by atoms with Gasteiger partial charge in [-0.05, 0) is 30.2 Å². The first-order chi connectivity index (χ1) is 10.2. The van der Waals surface area contributed by atoms with Crippen molar-refractivity contribution < 1.29 is 10.0 Å². The van der Waals surface area contributed by atoms with Crippen molar-refractivity contribution in [3.63, 3.8) is 0 Å². The average Bonchev–Trinajstić information content (AvgIpc) is 2.97. The second-order valence-electron chi connectivity index (χ2n) is 4.90. The van der Waals surface area contributed by atoms with Gasteiger partial charge in [0, 0.05) is 23.4 Å². The van der Waals surface area contributed by atoms with Crippen molar-refractivity contribution in [2.75, 3.05) is 11.4 Å². The van der Waals surface area contributed by atoms with E-state index in [0.717, 1.165) is 12.1 Å². The third-order valence-electron chi connectivity index (χ3n) is 3.65. The first-order valence-corrected chi connectivity index (χ1v) is 6.68. The van der Waals surface area contributed by atoms with Crippen molar-refractivity contribution in [3.05, 3.63) is 65.2 Å². The van der Waals surface area contributed by atoms with Gasteiger partial charge < -0.3 is 15.8 Å². The number of para-hydroxylation sites is 1. The molecule has 3 N–H and O–H groups in total. The fraction of sp³-hybridized carbons (Fsp3) is 0.125. The smallest absolute Gasteiger partial charge is 0.258 e. The summed E-state index contributed by atoms with van der Waals surface area (Å²) >= 11 is 0. The molecule has 0 unspecified atom stereocenters. The number of carbonyl (C=O) groups excluding carboxylic acids is 1. The van der Waals surface area contributed by atoms with Crippen LogP contribution in [0.1, 0.15) is 21.5 Å². The molecule has 0 fully saturated rings. The number of hydrogen-bond donors (Lipinski definition) is 2. The number of nitrogens with zero attached hydrogens (tertiary/aromatic N) is 2. The number of benzene rings is 2. The molecule has 0 saturated heterocycles. The first kappa shape index (κ1) is 13.2. The fourth-order valence-corrected chi connectivity index (χ4v) is 2.57. The van der Waals surface area contributed by atoms with Crippen LogP contribution in [0.2, 0.25) is 0 Å². The fourth-order valence-electron chi connectivity index (χ4n) is 2.57. The van der Waals surface area contributed by atoms with Crippen LogP contribution in [0.5, 0.6) is 0 Å². The number of anilines is 1. The molecule has 2 aromatic carbocycles. The van der Waals surface area contributed by atoms with Crippen LogP contribution in [-0.4, -0.2) is 23.5 Å². The van der Waals surface area contributed by atoms with Crippen molar-refractivity contribution in [2.45, 2.75) is 6.42 Å². The van der Waals surface area contributed by atoms with Gasteiger partial charge in [-0.1, -0.05) is 35.5 Å². The van der Waals surface area contributed by atoms with Gasteiger partial charge in [0.1, 0.15) is 0 Å². The Morgan fingerprint density at radius 2 is 1.90 bits per heavy atom. The molecule has 2 aromatic rings. The molecule has 0 spiro atoms. The lowest BCUT2D eigenvalue weighted by molar-refractivity contribution is 0.0989. The lowest BCUT2D eigenvalue weighted by Crippen LogP contribution is -2.29. The maximum Gasteiger partial charge on any atom is 0.258 e. The molecule has 1 aliphatic heterocycles. The van der Waals surface area contributed by atoms with E-state index in [9.17, 15) is 4.79 Å². The highest BCUT2D eigenvalue weighted by atomic mass is 16.4. The van der Waals surface area contributed by atoms with Gasteiger partial charge in [-0.3, -0.25) is 4.79 Å².